The summed E-state index contributed by atoms with van der Waals surface area (Å²) in [5.74, 6) is -2.15. The first-order valence-corrected chi connectivity index (χ1v) is 11.6. The van der Waals surface area contributed by atoms with Gasteiger partial charge in [-0.25, -0.2) is 25.6 Å². The van der Waals surface area contributed by atoms with E-state index in [1.54, 1.807) is 0 Å². The van der Waals surface area contributed by atoms with Gasteiger partial charge in [0.25, 0.3) is 10.0 Å². The molecule has 3 rings (SSSR count). The summed E-state index contributed by atoms with van der Waals surface area (Å²) < 4.78 is 80.0. The van der Waals surface area contributed by atoms with Crippen LogP contribution in [0.1, 0.15) is 19.8 Å². The maximum absolute atomic E-state index is 13.3. The van der Waals surface area contributed by atoms with Crippen LogP contribution in [0.5, 0.6) is 0 Å². The Morgan fingerprint density at radius 2 is 1.61 bits per heavy atom. The summed E-state index contributed by atoms with van der Waals surface area (Å²) >= 11 is 0. The SMILES string of the molecule is CC1CCCN(S(=O)(=O)c2ccc(NS(=O)(=O)c3ccc(F)c(F)c3)cc2)C1. The third-order valence-corrected chi connectivity index (χ3v) is 7.82. The topological polar surface area (TPSA) is 83.6 Å². The van der Waals surface area contributed by atoms with Crippen LogP contribution in [0.3, 0.4) is 0 Å². The van der Waals surface area contributed by atoms with Crippen LogP contribution in [0.4, 0.5) is 14.5 Å². The second-order valence-electron chi connectivity index (χ2n) is 6.82. The first kappa shape index (κ1) is 20.7. The molecule has 1 fully saturated rings. The highest BCUT2D eigenvalue weighted by atomic mass is 32.2. The van der Waals surface area contributed by atoms with Crippen LogP contribution in [-0.2, 0) is 20.0 Å². The zero-order chi connectivity index (χ0) is 20.5. The van der Waals surface area contributed by atoms with Gasteiger partial charge in [-0.05, 0) is 61.2 Å². The number of anilines is 1. The number of piperidine rings is 1. The summed E-state index contributed by atoms with van der Waals surface area (Å²) in [7, 11) is -7.80. The number of hydrogen-bond acceptors (Lipinski definition) is 4. The largest absolute Gasteiger partial charge is 0.280 e. The van der Waals surface area contributed by atoms with Gasteiger partial charge in [0, 0.05) is 18.8 Å². The van der Waals surface area contributed by atoms with Crippen molar-refractivity contribution in [3.05, 3.63) is 54.1 Å². The Morgan fingerprint density at radius 3 is 2.21 bits per heavy atom. The standard InChI is InChI=1S/C18H20F2N2O4S2/c1-13-3-2-10-22(12-13)28(25,26)15-6-4-14(5-7-15)21-27(23,24)16-8-9-17(19)18(20)11-16/h4-9,11,13,21H,2-3,10,12H2,1H3. The summed E-state index contributed by atoms with van der Waals surface area (Å²) in [6, 6.07) is 7.51. The van der Waals surface area contributed by atoms with Gasteiger partial charge in [0.2, 0.25) is 10.0 Å². The predicted molar refractivity (Wildman–Crippen MR) is 101 cm³/mol. The van der Waals surface area contributed by atoms with Crippen molar-refractivity contribution in [2.24, 2.45) is 5.92 Å². The molecule has 1 saturated heterocycles. The molecule has 0 saturated carbocycles. The fourth-order valence-corrected chi connectivity index (χ4v) is 5.74. The molecule has 0 amide bonds. The van der Waals surface area contributed by atoms with Crippen molar-refractivity contribution in [2.45, 2.75) is 29.6 Å². The highest BCUT2D eigenvalue weighted by Crippen LogP contribution is 2.25. The second kappa shape index (κ2) is 7.76. The van der Waals surface area contributed by atoms with Crippen LogP contribution in [0.15, 0.2) is 52.3 Å². The minimum atomic E-state index is -4.15. The van der Waals surface area contributed by atoms with Crippen LogP contribution < -0.4 is 4.72 Å². The summed E-state index contributed by atoms with van der Waals surface area (Å²) in [4.78, 5) is -0.372. The number of nitrogens with zero attached hydrogens (tertiary/aromatic N) is 1. The Kier molecular flexibility index (Phi) is 5.74. The molecule has 10 heteroatoms. The lowest BCUT2D eigenvalue weighted by Crippen LogP contribution is -2.39. The average molecular weight is 430 g/mol. The molecule has 1 atom stereocenters. The Labute approximate surface area is 163 Å². The molecule has 6 nitrogen and oxygen atoms in total. The van der Waals surface area contributed by atoms with Crippen molar-refractivity contribution >= 4 is 25.7 Å². The summed E-state index contributed by atoms with van der Waals surface area (Å²) in [6.45, 7) is 2.90. The summed E-state index contributed by atoms with van der Waals surface area (Å²) in [5, 5.41) is 0. The quantitative estimate of drug-likeness (QED) is 0.790. The molecule has 0 radical (unpaired) electrons. The molecule has 0 aliphatic carbocycles. The molecule has 28 heavy (non-hydrogen) atoms. The third kappa shape index (κ3) is 4.34. The van der Waals surface area contributed by atoms with Gasteiger partial charge in [0.15, 0.2) is 11.6 Å². The van der Waals surface area contributed by atoms with Gasteiger partial charge in [0.1, 0.15) is 0 Å². The fraction of sp³-hybridized carbons (Fsp3) is 0.333. The smallest absolute Gasteiger partial charge is 0.261 e. The fourth-order valence-electron chi connectivity index (χ4n) is 3.07. The Hall–Kier alpha value is -2.04. The molecular formula is C18H20F2N2O4S2. The van der Waals surface area contributed by atoms with Crippen LogP contribution in [0, 0.1) is 17.6 Å². The normalized spacial score (nSPS) is 18.8. The third-order valence-electron chi connectivity index (χ3n) is 4.57. The lowest BCUT2D eigenvalue weighted by atomic mass is 10.0. The number of rotatable bonds is 5. The lowest BCUT2D eigenvalue weighted by molar-refractivity contribution is 0.281. The number of sulfonamides is 2. The number of hydrogen-bond donors (Lipinski definition) is 1. The van der Waals surface area contributed by atoms with E-state index in [0.717, 1.165) is 25.0 Å². The molecule has 2 aromatic carbocycles. The van der Waals surface area contributed by atoms with Crippen LogP contribution >= 0.6 is 0 Å². The van der Waals surface area contributed by atoms with Crippen molar-refractivity contribution < 1.29 is 25.6 Å². The van der Waals surface area contributed by atoms with Crippen LogP contribution in [0.2, 0.25) is 0 Å². The molecule has 152 valence electrons. The van der Waals surface area contributed by atoms with E-state index in [-0.39, 0.29) is 16.5 Å². The van der Waals surface area contributed by atoms with Gasteiger partial charge in [-0.15, -0.1) is 0 Å². The number of benzene rings is 2. The van der Waals surface area contributed by atoms with E-state index < -0.39 is 36.6 Å². The zero-order valence-electron chi connectivity index (χ0n) is 15.1. The van der Waals surface area contributed by atoms with E-state index in [4.69, 9.17) is 0 Å². The highest BCUT2D eigenvalue weighted by molar-refractivity contribution is 7.92. The van der Waals surface area contributed by atoms with E-state index in [9.17, 15) is 25.6 Å². The second-order valence-corrected chi connectivity index (χ2v) is 10.4. The van der Waals surface area contributed by atoms with Crippen molar-refractivity contribution in [3.63, 3.8) is 0 Å². The molecule has 1 N–H and O–H groups in total. The minimum absolute atomic E-state index is 0.0670. The molecule has 0 aromatic heterocycles. The Balaban J connectivity index is 1.79. The molecule has 1 aliphatic rings. The van der Waals surface area contributed by atoms with Crippen molar-refractivity contribution in [1.82, 2.24) is 4.31 Å². The van der Waals surface area contributed by atoms with Crippen molar-refractivity contribution in [1.29, 1.82) is 0 Å². The van der Waals surface area contributed by atoms with E-state index in [1.165, 1.54) is 28.6 Å². The van der Waals surface area contributed by atoms with Crippen molar-refractivity contribution in [2.75, 3.05) is 17.8 Å². The lowest BCUT2D eigenvalue weighted by Gasteiger charge is -2.30. The van der Waals surface area contributed by atoms with Gasteiger partial charge in [-0.1, -0.05) is 6.92 Å². The van der Waals surface area contributed by atoms with Crippen molar-refractivity contribution in [3.8, 4) is 0 Å². The first-order valence-electron chi connectivity index (χ1n) is 8.68. The maximum atomic E-state index is 13.3. The number of halogens is 2. The Bertz CT molecular complexity index is 1070. The van der Waals surface area contributed by atoms with Gasteiger partial charge < -0.3 is 0 Å². The molecule has 0 spiro atoms. The molecule has 0 bridgehead atoms. The highest BCUT2D eigenvalue weighted by Gasteiger charge is 2.28. The van der Waals surface area contributed by atoms with Crippen LogP contribution in [-0.4, -0.2) is 34.2 Å². The molecular weight excluding hydrogens is 410 g/mol. The molecule has 1 unspecified atom stereocenters. The van der Waals surface area contributed by atoms with E-state index in [2.05, 4.69) is 4.72 Å². The molecule has 1 heterocycles. The monoisotopic (exact) mass is 430 g/mol. The Morgan fingerprint density at radius 1 is 0.964 bits per heavy atom. The molecule has 1 aliphatic heterocycles. The molecule has 2 aromatic rings. The maximum Gasteiger partial charge on any atom is 0.261 e. The predicted octanol–water partition coefficient (Wildman–Crippen LogP) is 3.19. The zero-order valence-corrected chi connectivity index (χ0v) is 16.7. The van der Waals surface area contributed by atoms with E-state index in [1.807, 2.05) is 6.92 Å². The first-order chi connectivity index (χ1) is 13.1. The van der Waals surface area contributed by atoms with Crippen LogP contribution in [0.25, 0.3) is 0 Å². The summed E-state index contributed by atoms with van der Waals surface area (Å²) in [5.41, 5.74) is 0.107. The van der Waals surface area contributed by atoms with E-state index in [0.29, 0.717) is 19.2 Å². The van der Waals surface area contributed by atoms with Gasteiger partial charge in [-0.3, -0.25) is 4.72 Å². The minimum Gasteiger partial charge on any atom is -0.280 e. The number of nitrogens with one attached hydrogen (secondary N) is 1. The van der Waals surface area contributed by atoms with E-state index >= 15 is 0 Å². The average Bonchev–Trinajstić information content (AvgIpc) is 2.64. The van der Waals surface area contributed by atoms with Gasteiger partial charge >= 0.3 is 0 Å². The van der Waals surface area contributed by atoms with Gasteiger partial charge in [0.05, 0.1) is 9.79 Å². The van der Waals surface area contributed by atoms with Gasteiger partial charge in [-0.2, -0.15) is 4.31 Å². The summed E-state index contributed by atoms with van der Waals surface area (Å²) in [6.07, 6.45) is 1.78.